The molecule has 5 nitrogen and oxygen atoms in total. The zero-order valence-corrected chi connectivity index (χ0v) is 12.1. The van der Waals surface area contributed by atoms with Gasteiger partial charge in [-0.1, -0.05) is 13.3 Å². The van der Waals surface area contributed by atoms with Gasteiger partial charge in [-0.25, -0.2) is 0 Å². The smallest absolute Gasteiger partial charge is 0.307 e. The van der Waals surface area contributed by atoms with Crippen LogP contribution in [0.25, 0.3) is 0 Å². The van der Waals surface area contributed by atoms with Gasteiger partial charge in [0.05, 0.1) is 17.4 Å². The van der Waals surface area contributed by atoms with Crippen molar-refractivity contribution in [2.24, 2.45) is 17.8 Å². The Morgan fingerprint density at radius 3 is 2.35 bits per heavy atom. The highest BCUT2D eigenvalue weighted by Crippen LogP contribution is 2.33. The van der Waals surface area contributed by atoms with Gasteiger partial charge in [0.1, 0.15) is 0 Å². The fraction of sp³-hybridized carbons (Fsp3) is 0.867. The largest absolute Gasteiger partial charge is 0.481 e. The van der Waals surface area contributed by atoms with Crippen molar-refractivity contribution in [2.75, 3.05) is 6.54 Å². The van der Waals surface area contributed by atoms with Gasteiger partial charge in [0.15, 0.2) is 0 Å². The number of aliphatic hydroxyl groups is 1. The molecule has 2 aliphatic rings. The number of carboxylic acid groups (broad SMARTS) is 1. The molecule has 0 bridgehead atoms. The van der Waals surface area contributed by atoms with Crippen molar-refractivity contribution in [1.82, 2.24) is 5.32 Å². The van der Waals surface area contributed by atoms with Gasteiger partial charge in [0.2, 0.25) is 5.91 Å². The lowest BCUT2D eigenvalue weighted by Gasteiger charge is -2.35. The number of carboxylic acids is 1. The maximum atomic E-state index is 12.1. The van der Waals surface area contributed by atoms with E-state index >= 15 is 0 Å². The third-order valence-corrected chi connectivity index (χ3v) is 4.97. The van der Waals surface area contributed by atoms with E-state index in [0.29, 0.717) is 31.6 Å². The molecule has 0 aliphatic heterocycles. The van der Waals surface area contributed by atoms with Crippen molar-refractivity contribution in [3.05, 3.63) is 0 Å². The molecule has 2 aliphatic carbocycles. The van der Waals surface area contributed by atoms with Gasteiger partial charge in [0, 0.05) is 6.54 Å². The molecule has 1 amide bonds. The Balaban J connectivity index is 1.84. The van der Waals surface area contributed by atoms with Crippen LogP contribution >= 0.6 is 0 Å². The van der Waals surface area contributed by atoms with Crippen LogP contribution in [0.5, 0.6) is 0 Å². The van der Waals surface area contributed by atoms with Crippen molar-refractivity contribution in [3.8, 4) is 0 Å². The number of amides is 1. The zero-order valence-electron chi connectivity index (χ0n) is 12.1. The van der Waals surface area contributed by atoms with Crippen LogP contribution in [0, 0.1) is 17.8 Å². The summed E-state index contributed by atoms with van der Waals surface area (Å²) in [7, 11) is 0. The number of aliphatic carboxylic acids is 1. The molecular formula is C15H25NO4. The quantitative estimate of drug-likeness (QED) is 0.730. The molecule has 0 heterocycles. The van der Waals surface area contributed by atoms with Gasteiger partial charge in [-0.2, -0.15) is 0 Å². The second-order valence-electron chi connectivity index (χ2n) is 6.61. The molecule has 20 heavy (non-hydrogen) atoms. The van der Waals surface area contributed by atoms with E-state index in [2.05, 4.69) is 12.2 Å². The summed E-state index contributed by atoms with van der Waals surface area (Å²) in [5, 5.41) is 22.3. The minimum atomic E-state index is -0.882. The fourth-order valence-corrected chi connectivity index (χ4v) is 3.43. The molecule has 0 aromatic heterocycles. The minimum Gasteiger partial charge on any atom is -0.481 e. The maximum Gasteiger partial charge on any atom is 0.307 e. The van der Waals surface area contributed by atoms with E-state index in [4.69, 9.17) is 5.11 Å². The Morgan fingerprint density at radius 1 is 1.15 bits per heavy atom. The average Bonchev–Trinajstić information content (AvgIpc) is 2.89. The summed E-state index contributed by atoms with van der Waals surface area (Å²) in [4.78, 5) is 23.2. The Kier molecular flexibility index (Phi) is 4.68. The molecule has 2 saturated carbocycles. The third kappa shape index (κ3) is 3.51. The summed E-state index contributed by atoms with van der Waals surface area (Å²) in [5.74, 6) is -1.44. The van der Waals surface area contributed by atoms with Gasteiger partial charge in [0.25, 0.3) is 0 Å². The predicted octanol–water partition coefficient (Wildman–Crippen LogP) is 1.54. The molecular weight excluding hydrogens is 258 g/mol. The SMILES string of the molecule is CC1CCC(O)(CNC(=O)[C@@H]2CCC[C@@H]2C(=O)O)CC1. The Labute approximate surface area is 119 Å². The first-order valence-corrected chi connectivity index (χ1v) is 7.64. The third-order valence-electron chi connectivity index (χ3n) is 4.97. The first kappa shape index (κ1) is 15.3. The lowest BCUT2D eigenvalue weighted by atomic mass is 9.79. The van der Waals surface area contributed by atoms with E-state index in [0.717, 1.165) is 19.3 Å². The van der Waals surface area contributed by atoms with Crippen LogP contribution in [0.3, 0.4) is 0 Å². The molecule has 0 spiro atoms. The summed E-state index contributed by atoms with van der Waals surface area (Å²) in [6.07, 6.45) is 5.38. The molecule has 2 atom stereocenters. The number of hydrogen-bond donors (Lipinski definition) is 3. The Hall–Kier alpha value is -1.10. The lowest BCUT2D eigenvalue weighted by molar-refractivity contribution is -0.146. The van der Waals surface area contributed by atoms with Crippen LogP contribution in [-0.2, 0) is 9.59 Å². The summed E-state index contributed by atoms with van der Waals surface area (Å²) in [6.45, 7) is 2.43. The molecule has 0 unspecified atom stereocenters. The fourth-order valence-electron chi connectivity index (χ4n) is 3.43. The second kappa shape index (κ2) is 6.12. The van der Waals surface area contributed by atoms with Gasteiger partial charge in [-0.05, 0) is 44.4 Å². The van der Waals surface area contributed by atoms with Gasteiger partial charge < -0.3 is 15.5 Å². The summed E-state index contributed by atoms with van der Waals surface area (Å²) < 4.78 is 0. The summed E-state index contributed by atoms with van der Waals surface area (Å²) >= 11 is 0. The van der Waals surface area contributed by atoms with Crippen molar-refractivity contribution < 1.29 is 19.8 Å². The Bertz CT molecular complexity index is 374. The predicted molar refractivity (Wildman–Crippen MR) is 74.1 cm³/mol. The van der Waals surface area contributed by atoms with Gasteiger partial charge >= 0.3 is 5.97 Å². The van der Waals surface area contributed by atoms with Gasteiger partial charge in [-0.15, -0.1) is 0 Å². The summed E-state index contributed by atoms with van der Waals surface area (Å²) in [5.41, 5.74) is -0.806. The van der Waals surface area contributed by atoms with E-state index in [-0.39, 0.29) is 12.5 Å². The first-order valence-electron chi connectivity index (χ1n) is 7.64. The number of nitrogens with one attached hydrogen (secondary N) is 1. The van der Waals surface area contributed by atoms with Crippen LogP contribution in [-0.4, -0.2) is 34.2 Å². The molecule has 2 fully saturated rings. The molecule has 114 valence electrons. The summed E-state index contributed by atoms with van der Waals surface area (Å²) in [6, 6.07) is 0. The average molecular weight is 283 g/mol. The monoisotopic (exact) mass is 283 g/mol. The zero-order chi connectivity index (χ0) is 14.8. The van der Waals surface area contributed by atoms with E-state index in [1.54, 1.807) is 0 Å². The highest BCUT2D eigenvalue weighted by Gasteiger charge is 2.39. The van der Waals surface area contributed by atoms with Crippen LogP contribution in [0.4, 0.5) is 0 Å². The van der Waals surface area contributed by atoms with E-state index in [1.165, 1.54) is 0 Å². The van der Waals surface area contributed by atoms with E-state index in [9.17, 15) is 14.7 Å². The minimum absolute atomic E-state index is 0.207. The maximum absolute atomic E-state index is 12.1. The van der Waals surface area contributed by atoms with Crippen LogP contribution in [0.1, 0.15) is 51.9 Å². The molecule has 0 aromatic rings. The van der Waals surface area contributed by atoms with Crippen molar-refractivity contribution in [3.63, 3.8) is 0 Å². The van der Waals surface area contributed by atoms with Crippen LogP contribution < -0.4 is 5.32 Å². The topological polar surface area (TPSA) is 86.6 Å². The van der Waals surface area contributed by atoms with E-state index < -0.39 is 23.4 Å². The van der Waals surface area contributed by atoms with Crippen LogP contribution in [0.2, 0.25) is 0 Å². The number of carbonyl (C=O) groups is 2. The first-order chi connectivity index (χ1) is 9.41. The normalized spacial score (nSPS) is 37.6. The number of carbonyl (C=O) groups excluding carboxylic acids is 1. The molecule has 0 radical (unpaired) electrons. The van der Waals surface area contributed by atoms with Crippen LogP contribution in [0.15, 0.2) is 0 Å². The van der Waals surface area contributed by atoms with Gasteiger partial charge in [-0.3, -0.25) is 9.59 Å². The second-order valence-corrected chi connectivity index (χ2v) is 6.61. The molecule has 0 saturated heterocycles. The van der Waals surface area contributed by atoms with E-state index in [1.807, 2.05) is 0 Å². The van der Waals surface area contributed by atoms with Crippen molar-refractivity contribution in [2.45, 2.75) is 57.5 Å². The molecule has 2 rings (SSSR count). The number of rotatable bonds is 4. The van der Waals surface area contributed by atoms with Crippen molar-refractivity contribution in [1.29, 1.82) is 0 Å². The Morgan fingerprint density at radius 2 is 1.75 bits per heavy atom. The molecule has 3 N–H and O–H groups in total. The highest BCUT2D eigenvalue weighted by molar-refractivity contribution is 5.85. The molecule has 0 aromatic carbocycles. The lowest BCUT2D eigenvalue weighted by Crippen LogP contribution is -2.47. The van der Waals surface area contributed by atoms with Crippen molar-refractivity contribution >= 4 is 11.9 Å². The standard InChI is InChI=1S/C15H25NO4/c1-10-5-7-15(20,8-6-10)9-16-13(17)11-3-2-4-12(11)14(18)19/h10-12,20H,2-9H2,1H3,(H,16,17)(H,18,19)/t10?,11-,12+,15?/m1/s1. The highest BCUT2D eigenvalue weighted by atomic mass is 16.4. The molecule has 5 heteroatoms. The number of hydrogen-bond acceptors (Lipinski definition) is 3.